The van der Waals surface area contributed by atoms with E-state index in [4.69, 9.17) is 0 Å². The third-order valence-electron chi connectivity index (χ3n) is 3.69. The van der Waals surface area contributed by atoms with Gasteiger partial charge in [0.2, 0.25) is 5.91 Å². The first-order valence-electron chi connectivity index (χ1n) is 6.78. The molecule has 0 bridgehead atoms. The van der Waals surface area contributed by atoms with Crippen LogP contribution in [0.5, 0.6) is 0 Å². The van der Waals surface area contributed by atoms with E-state index in [0.29, 0.717) is 31.5 Å². The zero-order valence-corrected chi connectivity index (χ0v) is 12.3. The number of amides is 1. The number of hydrogen-bond donors (Lipinski definition) is 2. The molecule has 19 heavy (non-hydrogen) atoms. The van der Waals surface area contributed by atoms with E-state index >= 15 is 0 Å². The van der Waals surface area contributed by atoms with Crippen LogP contribution in [0.4, 0.5) is 0 Å². The Morgan fingerprint density at radius 1 is 1.63 bits per heavy atom. The monoisotopic (exact) mass is 282 g/mol. The van der Waals surface area contributed by atoms with Gasteiger partial charge in [-0.2, -0.15) is 0 Å². The summed E-state index contributed by atoms with van der Waals surface area (Å²) in [4.78, 5) is 15.3. The van der Waals surface area contributed by atoms with Crippen molar-refractivity contribution >= 4 is 17.2 Å². The van der Waals surface area contributed by atoms with Gasteiger partial charge in [0.15, 0.2) is 0 Å². The summed E-state index contributed by atoms with van der Waals surface area (Å²) in [5, 5.41) is 14.8. The number of carbonyl (C=O) groups is 1. The van der Waals surface area contributed by atoms with Gasteiger partial charge in [-0.3, -0.25) is 4.79 Å². The molecule has 0 radical (unpaired) electrons. The number of carbonyl (C=O) groups excluding carboxylic acids is 1. The fourth-order valence-electron chi connectivity index (χ4n) is 2.40. The molecule has 0 saturated carbocycles. The highest BCUT2D eigenvalue weighted by atomic mass is 32.1. The van der Waals surface area contributed by atoms with Crippen molar-refractivity contribution in [1.29, 1.82) is 0 Å². The first-order chi connectivity index (χ1) is 9.11. The van der Waals surface area contributed by atoms with E-state index in [2.05, 4.69) is 19.2 Å². The Labute approximate surface area is 118 Å². The minimum atomic E-state index is -0.0949. The number of rotatable bonds is 4. The summed E-state index contributed by atoms with van der Waals surface area (Å²) in [6.45, 7) is 5.69. The summed E-state index contributed by atoms with van der Waals surface area (Å²) in [6.07, 6.45) is 0.443. The Morgan fingerprint density at radius 3 is 3.00 bits per heavy atom. The molecule has 2 heterocycles. The standard InChI is InChI=1S/C14H22N2O2S/c1-10(2)13-8-16(11(9-17)7-15-13)14(18)6-12-4-3-5-19-12/h3-5,10-11,13,15,17H,6-9H2,1-2H3. The van der Waals surface area contributed by atoms with Crippen LogP contribution in [0.25, 0.3) is 0 Å². The molecular weight excluding hydrogens is 260 g/mol. The Bertz CT molecular complexity index is 406. The topological polar surface area (TPSA) is 52.6 Å². The van der Waals surface area contributed by atoms with E-state index in [1.54, 1.807) is 11.3 Å². The molecule has 2 rings (SSSR count). The summed E-state index contributed by atoms with van der Waals surface area (Å²) in [6, 6.07) is 4.17. The molecule has 0 spiro atoms. The van der Waals surface area contributed by atoms with Crippen LogP contribution in [0.15, 0.2) is 17.5 Å². The fraction of sp³-hybridized carbons (Fsp3) is 0.643. The van der Waals surface area contributed by atoms with Gasteiger partial charge in [0.05, 0.1) is 19.1 Å². The summed E-state index contributed by atoms with van der Waals surface area (Å²) >= 11 is 1.61. The molecule has 106 valence electrons. The third-order valence-corrected chi connectivity index (χ3v) is 4.57. The van der Waals surface area contributed by atoms with E-state index in [-0.39, 0.29) is 18.6 Å². The van der Waals surface area contributed by atoms with Crippen LogP contribution in [-0.2, 0) is 11.2 Å². The van der Waals surface area contributed by atoms with Gasteiger partial charge in [-0.05, 0) is 17.4 Å². The lowest BCUT2D eigenvalue weighted by Crippen LogP contribution is -2.61. The lowest BCUT2D eigenvalue weighted by Gasteiger charge is -2.41. The summed E-state index contributed by atoms with van der Waals surface area (Å²) in [7, 11) is 0. The molecule has 1 amide bonds. The van der Waals surface area contributed by atoms with Crippen LogP contribution in [-0.4, -0.2) is 47.7 Å². The van der Waals surface area contributed by atoms with Crippen molar-refractivity contribution in [3.05, 3.63) is 22.4 Å². The zero-order valence-electron chi connectivity index (χ0n) is 11.5. The molecule has 1 aromatic rings. The zero-order chi connectivity index (χ0) is 13.8. The van der Waals surface area contributed by atoms with Crippen LogP contribution in [0, 0.1) is 5.92 Å². The van der Waals surface area contributed by atoms with Crippen molar-refractivity contribution in [3.8, 4) is 0 Å². The predicted octanol–water partition coefficient (Wildman–Crippen LogP) is 1.11. The molecule has 0 aromatic carbocycles. The molecule has 1 aliphatic heterocycles. The minimum absolute atomic E-state index is 0.0218. The molecule has 0 aliphatic carbocycles. The van der Waals surface area contributed by atoms with Crippen LogP contribution < -0.4 is 5.32 Å². The molecule has 2 unspecified atom stereocenters. The maximum Gasteiger partial charge on any atom is 0.228 e. The first-order valence-corrected chi connectivity index (χ1v) is 7.66. The van der Waals surface area contributed by atoms with Crippen molar-refractivity contribution in [2.75, 3.05) is 19.7 Å². The van der Waals surface area contributed by atoms with E-state index in [0.717, 1.165) is 4.88 Å². The highest BCUT2D eigenvalue weighted by Crippen LogP contribution is 2.16. The predicted molar refractivity (Wildman–Crippen MR) is 77.2 cm³/mol. The second-order valence-electron chi connectivity index (χ2n) is 5.40. The second kappa shape index (κ2) is 6.50. The average Bonchev–Trinajstić information content (AvgIpc) is 2.90. The van der Waals surface area contributed by atoms with Crippen LogP contribution in [0.3, 0.4) is 0 Å². The van der Waals surface area contributed by atoms with Gasteiger partial charge in [0.25, 0.3) is 0 Å². The Morgan fingerprint density at radius 2 is 2.42 bits per heavy atom. The molecule has 1 aromatic heterocycles. The van der Waals surface area contributed by atoms with Gasteiger partial charge in [-0.25, -0.2) is 0 Å². The molecule has 2 atom stereocenters. The smallest absolute Gasteiger partial charge is 0.228 e. The average molecular weight is 282 g/mol. The first kappa shape index (κ1) is 14.5. The van der Waals surface area contributed by atoms with E-state index < -0.39 is 0 Å². The highest BCUT2D eigenvalue weighted by Gasteiger charge is 2.31. The van der Waals surface area contributed by atoms with Crippen LogP contribution in [0.2, 0.25) is 0 Å². The van der Waals surface area contributed by atoms with E-state index in [1.807, 2.05) is 22.4 Å². The summed E-state index contributed by atoms with van der Waals surface area (Å²) in [5.74, 6) is 0.602. The van der Waals surface area contributed by atoms with Gasteiger partial charge in [0, 0.05) is 24.0 Å². The van der Waals surface area contributed by atoms with Gasteiger partial charge in [-0.15, -0.1) is 11.3 Å². The number of thiophene rings is 1. The summed E-state index contributed by atoms with van der Waals surface area (Å²) in [5.41, 5.74) is 0. The van der Waals surface area contributed by atoms with Gasteiger partial charge < -0.3 is 15.3 Å². The van der Waals surface area contributed by atoms with Crippen molar-refractivity contribution in [1.82, 2.24) is 10.2 Å². The van der Waals surface area contributed by atoms with Gasteiger partial charge >= 0.3 is 0 Å². The number of nitrogens with zero attached hydrogens (tertiary/aromatic N) is 1. The van der Waals surface area contributed by atoms with Crippen molar-refractivity contribution in [2.24, 2.45) is 5.92 Å². The quantitative estimate of drug-likeness (QED) is 0.870. The van der Waals surface area contributed by atoms with Crippen molar-refractivity contribution < 1.29 is 9.90 Å². The molecule has 2 N–H and O–H groups in total. The van der Waals surface area contributed by atoms with Crippen LogP contribution in [0.1, 0.15) is 18.7 Å². The molecule has 1 aliphatic rings. The fourth-order valence-corrected chi connectivity index (χ4v) is 3.10. The van der Waals surface area contributed by atoms with E-state index in [1.165, 1.54) is 0 Å². The van der Waals surface area contributed by atoms with Gasteiger partial charge in [0.1, 0.15) is 0 Å². The molecule has 1 saturated heterocycles. The third kappa shape index (κ3) is 3.55. The highest BCUT2D eigenvalue weighted by molar-refractivity contribution is 7.10. The Kier molecular flexibility index (Phi) is 4.96. The Balaban J connectivity index is 2.03. The lowest BCUT2D eigenvalue weighted by molar-refractivity contribution is -0.135. The minimum Gasteiger partial charge on any atom is -0.394 e. The number of aliphatic hydroxyl groups is 1. The van der Waals surface area contributed by atoms with Crippen molar-refractivity contribution in [2.45, 2.75) is 32.4 Å². The van der Waals surface area contributed by atoms with Crippen molar-refractivity contribution in [3.63, 3.8) is 0 Å². The maximum absolute atomic E-state index is 12.4. The normalized spacial score (nSPS) is 23.9. The molecule has 5 heteroatoms. The maximum atomic E-state index is 12.4. The van der Waals surface area contributed by atoms with Crippen LogP contribution >= 0.6 is 11.3 Å². The number of piperazine rings is 1. The molecule has 1 fully saturated rings. The molecular formula is C14H22N2O2S. The second-order valence-corrected chi connectivity index (χ2v) is 6.43. The number of hydrogen-bond acceptors (Lipinski definition) is 4. The SMILES string of the molecule is CC(C)C1CN(C(=O)Cc2cccs2)C(CO)CN1. The molecule has 4 nitrogen and oxygen atoms in total. The largest absolute Gasteiger partial charge is 0.394 e. The lowest BCUT2D eigenvalue weighted by atomic mass is 9.99. The van der Waals surface area contributed by atoms with E-state index in [9.17, 15) is 9.90 Å². The summed E-state index contributed by atoms with van der Waals surface area (Å²) < 4.78 is 0. The van der Waals surface area contributed by atoms with Gasteiger partial charge in [-0.1, -0.05) is 19.9 Å². The number of aliphatic hydroxyl groups excluding tert-OH is 1. The Hall–Kier alpha value is -0.910. The number of nitrogens with one attached hydrogen (secondary N) is 1.